The van der Waals surface area contributed by atoms with E-state index in [4.69, 9.17) is 0 Å². The average Bonchev–Trinajstić information content (AvgIpc) is 2.60. The zero-order chi connectivity index (χ0) is 19.7. The Labute approximate surface area is 160 Å². The zero-order valence-corrected chi connectivity index (χ0v) is 16.6. The average molecular weight is 385 g/mol. The molecule has 2 aliphatic rings. The Kier molecular flexibility index (Phi) is 6.22. The van der Waals surface area contributed by atoms with Crippen molar-refractivity contribution in [3.8, 4) is 0 Å². The van der Waals surface area contributed by atoms with Gasteiger partial charge in [0, 0.05) is 0 Å². The van der Waals surface area contributed by atoms with Gasteiger partial charge in [0.1, 0.15) is 11.3 Å². The second-order valence-corrected chi connectivity index (χ2v) is 9.30. The van der Waals surface area contributed by atoms with Crippen LogP contribution in [0.4, 0.5) is 17.6 Å². The van der Waals surface area contributed by atoms with Crippen LogP contribution in [-0.4, -0.2) is 11.3 Å². The first-order valence-electron chi connectivity index (χ1n) is 10.5. The highest BCUT2D eigenvalue weighted by atomic mass is 19.2. The summed E-state index contributed by atoms with van der Waals surface area (Å²) in [6, 6.07) is 2.88. The van der Waals surface area contributed by atoms with E-state index >= 15 is 4.39 Å². The molecule has 0 nitrogen and oxygen atoms in total. The molecule has 0 amide bonds. The Morgan fingerprint density at radius 3 is 2.04 bits per heavy atom. The summed E-state index contributed by atoms with van der Waals surface area (Å²) in [6.45, 7) is 3.25. The third kappa shape index (κ3) is 5.26. The van der Waals surface area contributed by atoms with Crippen molar-refractivity contribution in [3.05, 3.63) is 34.9 Å². The van der Waals surface area contributed by atoms with Crippen molar-refractivity contribution in [2.75, 3.05) is 0 Å². The third-order valence-corrected chi connectivity index (χ3v) is 7.03. The molecule has 0 bridgehead atoms. The zero-order valence-electron chi connectivity index (χ0n) is 16.6. The molecule has 3 rings (SSSR count). The Bertz CT molecular complexity index is 611. The van der Waals surface area contributed by atoms with E-state index in [2.05, 4.69) is 0 Å². The van der Waals surface area contributed by atoms with Crippen LogP contribution in [0.3, 0.4) is 0 Å². The molecule has 0 atom stereocenters. The lowest BCUT2D eigenvalue weighted by atomic mass is 9.67. The number of rotatable bonds is 5. The van der Waals surface area contributed by atoms with Crippen LogP contribution in [0, 0.1) is 30.4 Å². The standard InChI is InChI=1S/C23H32F4/c1-16-14-17(15-20(24)21(16)25)4-3-9-23(27)12-7-19(8-13-23)18-5-10-22(2,26)11-6-18/h14-15,18-19H,3-13H2,1-2H3. The minimum atomic E-state index is -1.13. The molecule has 0 N–H and O–H groups in total. The van der Waals surface area contributed by atoms with Crippen molar-refractivity contribution < 1.29 is 17.6 Å². The van der Waals surface area contributed by atoms with Crippen LogP contribution < -0.4 is 0 Å². The molecular formula is C23H32F4. The van der Waals surface area contributed by atoms with Crippen molar-refractivity contribution in [1.82, 2.24) is 0 Å². The van der Waals surface area contributed by atoms with Gasteiger partial charge in [0.2, 0.25) is 0 Å². The summed E-state index contributed by atoms with van der Waals surface area (Å²) < 4.78 is 56.0. The van der Waals surface area contributed by atoms with Gasteiger partial charge in [0.15, 0.2) is 11.6 Å². The molecule has 0 spiro atoms. The van der Waals surface area contributed by atoms with E-state index in [1.54, 1.807) is 19.9 Å². The van der Waals surface area contributed by atoms with Crippen molar-refractivity contribution in [3.63, 3.8) is 0 Å². The highest BCUT2D eigenvalue weighted by Crippen LogP contribution is 2.46. The first kappa shape index (κ1) is 20.7. The molecule has 1 aromatic rings. The lowest BCUT2D eigenvalue weighted by Crippen LogP contribution is -2.35. The van der Waals surface area contributed by atoms with Gasteiger partial charge in [0.05, 0.1) is 0 Å². The summed E-state index contributed by atoms with van der Waals surface area (Å²) in [7, 11) is 0. The highest BCUT2D eigenvalue weighted by molar-refractivity contribution is 5.25. The fraction of sp³-hybridized carbons (Fsp3) is 0.739. The first-order valence-corrected chi connectivity index (χ1v) is 10.5. The summed E-state index contributed by atoms with van der Waals surface area (Å²) in [5, 5.41) is 0. The van der Waals surface area contributed by atoms with Crippen LogP contribution in [0.2, 0.25) is 0 Å². The van der Waals surface area contributed by atoms with E-state index < -0.39 is 23.0 Å². The van der Waals surface area contributed by atoms with E-state index in [1.165, 1.54) is 6.07 Å². The van der Waals surface area contributed by atoms with Gasteiger partial charge < -0.3 is 0 Å². The molecule has 0 saturated heterocycles. The quantitative estimate of drug-likeness (QED) is 0.464. The highest BCUT2D eigenvalue weighted by Gasteiger charge is 2.40. The predicted molar refractivity (Wildman–Crippen MR) is 101 cm³/mol. The number of hydrogen-bond donors (Lipinski definition) is 0. The maximum absolute atomic E-state index is 15.2. The van der Waals surface area contributed by atoms with E-state index in [-0.39, 0.29) is 0 Å². The molecule has 27 heavy (non-hydrogen) atoms. The molecular weight excluding hydrogens is 352 g/mol. The Morgan fingerprint density at radius 1 is 0.926 bits per heavy atom. The topological polar surface area (TPSA) is 0 Å². The second kappa shape index (κ2) is 8.13. The van der Waals surface area contributed by atoms with Crippen molar-refractivity contribution >= 4 is 0 Å². The van der Waals surface area contributed by atoms with Gasteiger partial charge in [-0.15, -0.1) is 0 Å². The van der Waals surface area contributed by atoms with Gasteiger partial charge >= 0.3 is 0 Å². The predicted octanol–water partition coefficient (Wildman–Crippen LogP) is 7.41. The number of benzene rings is 1. The second-order valence-electron chi connectivity index (χ2n) is 9.30. The molecule has 0 unspecified atom stereocenters. The number of hydrogen-bond acceptors (Lipinski definition) is 0. The Balaban J connectivity index is 1.44. The number of aryl methyl sites for hydroxylation is 2. The molecule has 2 saturated carbocycles. The van der Waals surface area contributed by atoms with Crippen molar-refractivity contribution in [1.29, 1.82) is 0 Å². The maximum atomic E-state index is 15.2. The van der Waals surface area contributed by atoms with Crippen molar-refractivity contribution in [2.45, 2.75) is 95.8 Å². The molecule has 152 valence electrons. The maximum Gasteiger partial charge on any atom is 0.161 e. The largest absolute Gasteiger partial charge is 0.244 e. The fourth-order valence-electron chi connectivity index (χ4n) is 5.14. The van der Waals surface area contributed by atoms with E-state index in [1.807, 2.05) is 0 Å². The van der Waals surface area contributed by atoms with Gasteiger partial charge in [-0.25, -0.2) is 17.6 Å². The van der Waals surface area contributed by atoms with Gasteiger partial charge in [-0.3, -0.25) is 0 Å². The van der Waals surface area contributed by atoms with Crippen LogP contribution >= 0.6 is 0 Å². The lowest BCUT2D eigenvalue weighted by molar-refractivity contribution is 0.0294. The summed E-state index contributed by atoms with van der Waals surface area (Å²) in [4.78, 5) is 0. The first-order chi connectivity index (χ1) is 12.7. The smallest absolute Gasteiger partial charge is 0.161 e. The molecule has 0 aliphatic heterocycles. The van der Waals surface area contributed by atoms with Crippen LogP contribution in [0.25, 0.3) is 0 Å². The molecule has 2 fully saturated rings. The molecule has 2 aliphatic carbocycles. The molecule has 4 heteroatoms. The van der Waals surface area contributed by atoms with Crippen LogP contribution in [0.15, 0.2) is 12.1 Å². The SMILES string of the molecule is Cc1cc(CCCC2(F)CCC(C3CCC(C)(F)CC3)CC2)cc(F)c1F. The van der Waals surface area contributed by atoms with E-state index in [0.29, 0.717) is 62.3 Å². The molecule has 0 heterocycles. The molecule has 0 aromatic heterocycles. The van der Waals surface area contributed by atoms with Gasteiger partial charge in [-0.05, 0) is 114 Å². The number of alkyl halides is 2. The van der Waals surface area contributed by atoms with E-state index in [0.717, 1.165) is 31.2 Å². The van der Waals surface area contributed by atoms with Crippen LogP contribution in [0.5, 0.6) is 0 Å². The fourth-order valence-corrected chi connectivity index (χ4v) is 5.14. The third-order valence-electron chi connectivity index (χ3n) is 7.03. The Hall–Kier alpha value is -1.06. The van der Waals surface area contributed by atoms with Gasteiger partial charge in [0.25, 0.3) is 0 Å². The van der Waals surface area contributed by atoms with Gasteiger partial charge in [-0.2, -0.15) is 0 Å². The monoisotopic (exact) mass is 384 g/mol. The van der Waals surface area contributed by atoms with Crippen LogP contribution in [0.1, 0.15) is 82.3 Å². The van der Waals surface area contributed by atoms with Crippen molar-refractivity contribution in [2.24, 2.45) is 11.8 Å². The normalized spacial score (nSPS) is 34.6. The summed E-state index contributed by atoms with van der Waals surface area (Å²) in [5.74, 6) is -0.519. The number of halogens is 4. The Morgan fingerprint density at radius 2 is 1.48 bits per heavy atom. The summed E-state index contributed by atoms with van der Waals surface area (Å²) in [5.41, 5.74) is -1.10. The molecule has 0 radical (unpaired) electrons. The van der Waals surface area contributed by atoms with Crippen LogP contribution in [-0.2, 0) is 6.42 Å². The van der Waals surface area contributed by atoms with E-state index in [9.17, 15) is 13.2 Å². The lowest BCUT2D eigenvalue weighted by Gasteiger charge is -2.41. The minimum absolute atomic E-state index is 0.303. The summed E-state index contributed by atoms with van der Waals surface area (Å²) in [6.07, 6.45) is 7.81. The minimum Gasteiger partial charge on any atom is -0.244 e. The molecule has 1 aromatic carbocycles. The summed E-state index contributed by atoms with van der Waals surface area (Å²) >= 11 is 0. The van der Waals surface area contributed by atoms with Gasteiger partial charge in [-0.1, -0.05) is 6.07 Å².